The van der Waals surface area contributed by atoms with Crippen LogP contribution < -0.4 is 9.62 Å². The summed E-state index contributed by atoms with van der Waals surface area (Å²) in [6.07, 6.45) is 0.226. The van der Waals surface area contributed by atoms with E-state index < -0.39 is 34.1 Å². The van der Waals surface area contributed by atoms with Crippen LogP contribution in [0.15, 0.2) is 108 Å². The van der Waals surface area contributed by atoms with Crippen molar-refractivity contribution in [1.82, 2.24) is 10.2 Å². The van der Waals surface area contributed by atoms with Gasteiger partial charge in [0.1, 0.15) is 12.6 Å². The van der Waals surface area contributed by atoms with E-state index in [0.29, 0.717) is 21.8 Å². The number of amides is 2. The number of carbonyl (C=O) groups is 2. The second-order valence-corrected chi connectivity index (χ2v) is 14.5. The lowest BCUT2D eigenvalue weighted by Crippen LogP contribution is -2.56. The standard InChI is InChI=1S/C36H40ClN3O4S/c1-26-19-20-32(27(2)21-26)40(45(43,44)31-17-10-7-11-18-31)25-34(41)39(24-29-15-12-16-30(37)22-29)33(35(42)38-36(3,4)5)23-28-13-8-6-9-14-28/h6-22,33H,23-25H2,1-5H3,(H,38,42)/t33-/m1/s1. The normalized spacial score (nSPS) is 12.3. The average Bonchev–Trinajstić information content (AvgIpc) is 2.98. The van der Waals surface area contributed by atoms with Crippen LogP contribution in [0, 0.1) is 13.8 Å². The van der Waals surface area contributed by atoms with E-state index in [1.54, 1.807) is 42.5 Å². The minimum atomic E-state index is -4.17. The number of benzene rings is 4. The molecule has 1 atom stereocenters. The molecule has 9 heteroatoms. The molecule has 0 unspecified atom stereocenters. The summed E-state index contributed by atoms with van der Waals surface area (Å²) in [7, 11) is -4.17. The molecule has 0 fully saturated rings. The molecule has 45 heavy (non-hydrogen) atoms. The molecule has 0 aliphatic carbocycles. The third-order valence-electron chi connectivity index (χ3n) is 7.24. The molecule has 0 radical (unpaired) electrons. The van der Waals surface area contributed by atoms with Crippen LogP contribution in [0.4, 0.5) is 5.69 Å². The Hall–Kier alpha value is -4.14. The van der Waals surface area contributed by atoms with Crippen molar-refractivity contribution in [2.75, 3.05) is 10.8 Å². The summed E-state index contributed by atoms with van der Waals surface area (Å²) < 4.78 is 29.5. The first-order chi connectivity index (χ1) is 21.2. The van der Waals surface area contributed by atoms with Crippen molar-refractivity contribution in [2.24, 2.45) is 0 Å². The van der Waals surface area contributed by atoms with Gasteiger partial charge in [-0.15, -0.1) is 0 Å². The maximum atomic E-state index is 14.6. The molecule has 0 spiro atoms. The number of anilines is 1. The largest absolute Gasteiger partial charge is 0.350 e. The highest BCUT2D eigenvalue weighted by Crippen LogP contribution is 2.28. The van der Waals surface area contributed by atoms with Crippen LogP contribution in [0.3, 0.4) is 0 Å². The third-order valence-corrected chi connectivity index (χ3v) is 9.25. The predicted molar refractivity (Wildman–Crippen MR) is 181 cm³/mol. The maximum Gasteiger partial charge on any atom is 0.264 e. The van der Waals surface area contributed by atoms with Gasteiger partial charge in [0, 0.05) is 23.5 Å². The molecule has 0 saturated carbocycles. The zero-order valence-corrected chi connectivity index (χ0v) is 27.9. The number of halogens is 1. The highest BCUT2D eigenvalue weighted by Gasteiger charge is 2.36. The molecule has 4 rings (SSSR count). The Labute approximate surface area is 271 Å². The Morgan fingerprint density at radius 1 is 0.822 bits per heavy atom. The van der Waals surface area contributed by atoms with Gasteiger partial charge in [-0.25, -0.2) is 8.42 Å². The summed E-state index contributed by atoms with van der Waals surface area (Å²) in [4.78, 5) is 30.1. The SMILES string of the molecule is Cc1ccc(N(CC(=O)N(Cc2cccc(Cl)c2)[C@H](Cc2ccccc2)C(=O)NC(C)(C)C)S(=O)(=O)c2ccccc2)c(C)c1. The molecular formula is C36H40ClN3O4S. The Kier molecular flexibility index (Phi) is 10.7. The Morgan fingerprint density at radius 2 is 1.44 bits per heavy atom. The average molecular weight is 646 g/mol. The molecule has 0 saturated heterocycles. The van der Waals surface area contributed by atoms with E-state index in [9.17, 15) is 18.0 Å². The van der Waals surface area contributed by atoms with Crippen molar-refractivity contribution in [3.63, 3.8) is 0 Å². The van der Waals surface area contributed by atoms with Gasteiger partial charge < -0.3 is 10.2 Å². The zero-order valence-electron chi connectivity index (χ0n) is 26.3. The number of nitrogens with one attached hydrogen (secondary N) is 1. The Morgan fingerprint density at radius 3 is 2.04 bits per heavy atom. The minimum Gasteiger partial charge on any atom is -0.350 e. The topological polar surface area (TPSA) is 86.8 Å². The second kappa shape index (κ2) is 14.3. The monoisotopic (exact) mass is 645 g/mol. The van der Waals surface area contributed by atoms with Gasteiger partial charge >= 0.3 is 0 Å². The van der Waals surface area contributed by atoms with Crippen molar-refractivity contribution in [1.29, 1.82) is 0 Å². The number of nitrogens with zero attached hydrogens (tertiary/aromatic N) is 2. The van der Waals surface area contributed by atoms with Crippen LogP contribution in [0.25, 0.3) is 0 Å². The molecule has 7 nitrogen and oxygen atoms in total. The first-order valence-corrected chi connectivity index (χ1v) is 16.6. The zero-order chi connectivity index (χ0) is 32.8. The van der Waals surface area contributed by atoms with Crippen molar-refractivity contribution in [2.45, 2.75) is 64.1 Å². The van der Waals surface area contributed by atoms with Crippen LogP contribution in [0.1, 0.15) is 43.0 Å². The summed E-state index contributed by atoms with van der Waals surface area (Å²) in [6, 6.07) is 29.1. The smallest absolute Gasteiger partial charge is 0.264 e. The molecular weight excluding hydrogens is 606 g/mol. The minimum absolute atomic E-state index is 0.0422. The summed E-state index contributed by atoms with van der Waals surface area (Å²) in [5.74, 6) is -0.870. The quantitative estimate of drug-likeness (QED) is 0.197. The van der Waals surface area contributed by atoms with E-state index in [1.165, 1.54) is 17.0 Å². The maximum absolute atomic E-state index is 14.6. The van der Waals surface area contributed by atoms with Gasteiger partial charge in [-0.3, -0.25) is 13.9 Å². The van der Waals surface area contributed by atoms with Gasteiger partial charge in [-0.2, -0.15) is 0 Å². The molecule has 4 aromatic rings. The third kappa shape index (κ3) is 8.96. The number of sulfonamides is 1. The molecule has 2 amide bonds. The lowest BCUT2D eigenvalue weighted by atomic mass is 10.0. The fourth-order valence-corrected chi connectivity index (χ4v) is 6.87. The van der Waals surface area contributed by atoms with E-state index in [2.05, 4.69) is 5.32 Å². The van der Waals surface area contributed by atoms with E-state index in [-0.39, 0.29) is 23.8 Å². The lowest BCUT2D eigenvalue weighted by Gasteiger charge is -2.35. The molecule has 236 valence electrons. The molecule has 4 aromatic carbocycles. The van der Waals surface area contributed by atoms with Gasteiger partial charge in [0.25, 0.3) is 10.0 Å². The molecule has 0 aromatic heterocycles. The van der Waals surface area contributed by atoms with Crippen molar-refractivity contribution >= 4 is 39.1 Å². The first-order valence-electron chi connectivity index (χ1n) is 14.8. The highest BCUT2D eigenvalue weighted by atomic mass is 35.5. The van der Waals surface area contributed by atoms with Gasteiger partial charge in [0.15, 0.2) is 0 Å². The van der Waals surface area contributed by atoms with Gasteiger partial charge in [-0.05, 0) is 81.6 Å². The van der Waals surface area contributed by atoms with Crippen LogP contribution in [-0.4, -0.2) is 43.3 Å². The van der Waals surface area contributed by atoms with E-state index in [0.717, 1.165) is 15.4 Å². The number of aryl methyl sites for hydroxylation is 2. The fraction of sp³-hybridized carbons (Fsp3) is 0.278. The predicted octanol–water partition coefficient (Wildman–Crippen LogP) is 6.71. The van der Waals surface area contributed by atoms with Crippen LogP contribution in [0.5, 0.6) is 0 Å². The fourth-order valence-electron chi connectivity index (χ4n) is 5.16. The summed E-state index contributed by atoms with van der Waals surface area (Å²) in [5, 5.41) is 3.53. The van der Waals surface area contributed by atoms with Crippen molar-refractivity contribution < 1.29 is 18.0 Å². The van der Waals surface area contributed by atoms with E-state index in [1.807, 2.05) is 83.1 Å². The van der Waals surface area contributed by atoms with E-state index in [4.69, 9.17) is 11.6 Å². The Balaban J connectivity index is 1.84. The van der Waals surface area contributed by atoms with Gasteiger partial charge in [0.2, 0.25) is 11.8 Å². The number of rotatable bonds is 11. The van der Waals surface area contributed by atoms with Gasteiger partial charge in [-0.1, -0.05) is 90.0 Å². The van der Waals surface area contributed by atoms with Crippen LogP contribution in [-0.2, 0) is 32.6 Å². The Bertz CT molecular complexity index is 1740. The molecule has 0 bridgehead atoms. The highest BCUT2D eigenvalue weighted by molar-refractivity contribution is 7.92. The molecule has 0 heterocycles. The molecule has 1 N–H and O–H groups in total. The van der Waals surface area contributed by atoms with E-state index >= 15 is 0 Å². The molecule has 0 aliphatic rings. The second-order valence-electron chi connectivity index (χ2n) is 12.2. The van der Waals surface area contributed by atoms with Crippen LogP contribution in [0.2, 0.25) is 5.02 Å². The summed E-state index contributed by atoms with van der Waals surface area (Å²) in [6.45, 7) is 8.90. The summed E-state index contributed by atoms with van der Waals surface area (Å²) >= 11 is 6.32. The first kappa shape index (κ1) is 33.7. The lowest BCUT2D eigenvalue weighted by molar-refractivity contribution is -0.140. The van der Waals surface area contributed by atoms with Crippen molar-refractivity contribution in [3.05, 3.63) is 130 Å². The van der Waals surface area contributed by atoms with Crippen LogP contribution >= 0.6 is 11.6 Å². The van der Waals surface area contributed by atoms with Gasteiger partial charge in [0.05, 0.1) is 10.6 Å². The number of carbonyl (C=O) groups excluding carboxylic acids is 2. The molecule has 0 aliphatic heterocycles. The van der Waals surface area contributed by atoms with Crippen molar-refractivity contribution in [3.8, 4) is 0 Å². The number of hydrogen-bond donors (Lipinski definition) is 1. The number of hydrogen-bond acceptors (Lipinski definition) is 4. The summed E-state index contributed by atoms with van der Waals surface area (Å²) in [5.41, 5.74) is 3.05.